The lowest BCUT2D eigenvalue weighted by molar-refractivity contribution is -0.141. The third-order valence-electron chi connectivity index (χ3n) is 2.66. The Morgan fingerprint density at radius 2 is 1.47 bits per heavy atom. The first-order valence-electron chi connectivity index (χ1n) is 6.09. The first-order valence-corrected chi connectivity index (χ1v) is 6.09. The first-order chi connectivity index (χ1) is 7.97. The zero-order valence-corrected chi connectivity index (χ0v) is 10.7. The normalized spacial score (nSPS) is 11.9. The fourth-order valence-corrected chi connectivity index (χ4v) is 1.63. The minimum absolute atomic E-state index is 0.159. The molecule has 0 saturated carbocycles. The fourth-order valence-electron chi connectivity index (χ4n) is 1.63. The van der Waals surface area contributed by atoms with Gasteiger partial charge in [-0.25, -0.2) is 0 Å². The van der Waals surface area contributed by atoms with E-state index in [0.29, 0.717) is 12.8 Å². The van der Waals surface area contributed by atoms with E-state index < -0.39 is 29.7 Å². The maximum absolute atomic E-state index is 11.7. The summed E-state index contributed by atoms with van der Waals surface area (Å²) >= 11 is 0. The summed E-state index contributed by atoms with van der Waals surface area (Å²) in [6.45, 7) is 5.21. The summed E-state index contributed by atoms with van der Waals surface area (Å²) in [4.78, 5) is 45.8. The van der Waals surface area contributed by atoms with Gasteiger partial charge in [0.2, 0.25) is 5.78 Å². The molecule has 4 heteroatoms. The molecule has 0 radical (unpaired) electrons. The van der Waals surface area contributed by atoms with Gasteiger partial charge in [-0.3, -0.25) is 19.2 Å². The number of ketones is 4. The molecule has 1 atom stereocenters. The molecule has 0 saturated heterocycles. The van der Waals surface area contributed by atoms with Crippen molar-refractivity contribution in [1.29, 1.82) is 0 Å². The van der Waals surface area contributed by atoms with E-state index in [9.17, 15) is 19.2 Å². The van der Waals surface area contributed by atoms with Crippen LogP contribution in [0.1, 0.15) is 52.9 Å². The van der Waals surface area contributed by atoms with Gasteiger partial charge in [-0.15, -0.1) is 0 Å². The van der Waals surface area contributed by atoms with Crippen molar-refractivity contribution in [2.75, 3.05) is 0 Å². The average molecular weight is 240 g/mol. The minimum Gasteiger partial charge on any atom is -0.299 e. The lowest BCUT2D eigenvalue weighted by Crippen LogP contribution is -2.27. The van der Waals surface area contributed by atoms with Crippen LogP contribution in [0.3, 0.4) is 0 Å². The number of Topliss-reactive ketones (excluding diaryl/α,β-unsaturated/α-hetero) is 4. The van der Waals surface area contributed by atoms with Gasteiger partial charge in [0.1, 0.15) is 5.78 Å². The Morgan fingerprint density at radius 1 is 0.882 bits per heavy atom. The molecule has 0 aliphatic rings. The SMILES string of the molecule is CCCC(=O)C(=O)CC(=O)C(CC)C(=O)CC. The molecule has 0 amide bonds. The van der Waals surface area contributed by atoms with Crippen molar-refractivity contribution >= 4 is 23.1 Å². The molecule has 1 unspecified atom stereocenters. The summed E-state index contributed by atoms with van der Waals surface area (Å²) in [6, 6.07) is 0. The van der Waals surface area contributed by atoms with Gasteiger partial charge in [-0.2, -0.15) is 0 Å². The predicted molar refractivity (Wildman–Crippen MR) is 63.6 cm³/mol. The minimum atomic E-state index is -0.724. The smallest absolute Gasteiger partial charge is 0.205 e. The molecule has 17 heavy (non-hydrogen) atoms. The number of carbonyl (C=O) groups is 4. The van der Waals surface area contributed by atoms with Crippen molar-refractivity contribution < 1.29 is 19.2 Å². The number of carbonyl (C=O) groups excluding carboxylic acids is 4. The van der Waals surface area contributed by atoms with Gasteiger partial charge in [0.15, 0.2) is 11.6 Å². The molecule has 0 aromatic heterocycles. The lowest BCUT2D eigenvalue weighted by atomic mass is 9.91. The highest BCUT2D eigenvalue weighted by molar-refractivity contribution is 6.40. The fraction of sp³-hybridized carbons (Fsp3) is 0.692. The Kier molecular flexibility index (Phi) is 7.26. The molecule has 4 nitrogen and oxygen atoms in total. The van der Waals surface area contributed by atoms with E-state index in [-0.39, 0.29) is 18.6 Å². The maximum atomic E-state index is 11.7. The van der Waals surface area contributed by atoms with Crippen molar-refractivity contribution in [3.8, 4) is 0 Å². The van der Waals surface area contributed by atoms with Gasteiger partial charge < -0.3 is 0 Å². The van der Waals surface area contributed by atoms with Crippen LogP contribution >= 0.6 is 0 Å². The Morgan fingerprint density at radius 3 is 1.88 bits per heavy atom. The van der Waals surface area contributed by atoms with Crippen molar-refractivity contribution in [3.63, 3.8) is 0 Å². The molecular weight excluding hydrogens is 220 g/mol. The highest BCUT2D eigenvalue weighted by Gasteiger charge is 2.26. The number of rotatable bonds is 9. The molecule has 0 aliphatic heterocycles. The summed E-state index contributed by atoms with van der Waals surface area (Å²) in [5.74, 6) is -2.49. The predicted octanol–water partition coefficient (Wildman–Crippen LogP) is 1.89. The summed E-state index contributed by atoms with van der Waals surface area (Å²) in [5.41, 5.74) is 0. The van der Waals surface area contributed by atoms with Crippen LogP contribution in [-0.2, 0) is 19.2 Å². The molecule has 96 valence electrons. The van der Waals surface area contributed by atoms with E-state index in [1.54, 1.807) is 20.8 Å². The summed E-state index contributed by atoms with van der Waals surface area (Å²) in [5, 5.41) is 0. The summed E-state index contributed by atoms with van der Waals surface area (Å²) in [7, 11) is 0. The second-order valence-electron chi connectivity index (χ2n) is 4.02. The van der Waals surface area contributed by atoms with Gasteiger partial charge in [0.05, 0.1) is 12.3 Å². The van der Waals surface area contributed by atoms with Crippen LogP contribution in [0.2, 0.25) is 0 Å². The molecule has 0 aliphatic carbocycles. The van der Waals surface area contributed by atoms with Crippen molar-refractivity contribution in [1.82, 2.24) is 0 Å². The number of hydrogen-bond acceptors (Lipinski definition) is 4. The largest absolute Gasteiger partial charge is 0.299 e. The van der Waals surface area contributed by atoms with E-state index >= 15 is 0 Å². The quantitative estimate of drug-likeness (QED) is 0.456. The number of hydrogen-bond donors (Lipinski definition) is 0. The van der Waals surface area contributed by atoms with E-state index in [0.717, 1.165) is 0 Å². The molecule has 0 aromatic carbocycles. The van der Waals surface area contributed by atoms with Crippen LogP contribution in [0.15, 0.2) is 0 Å². The van der Waals surface area contributed by atoms with E-state index in [1.165, 1.54) is 0 Å². The molecule has 0 spiro atoms. The van der Waals surface area contributed by atoms with E-state index in [1.807, 2.05) is 0 Å². The molecule has 0 aromatic rings. The van der Waals surface area contributed by atoms with Crippen LogP contribution in [0.4, 0.5) is 0 Å². The van der Waals surface area contributed by atoms with Gasteiger partial charge in [0.25, 0.3) is 0 Å². The first kappa shape index (κ1) is 15.7. The topological polar surface area (TPSA) is 68.3 Å². The zero-order chi connectivity index (χ0) is 13.4. The van der Waals surface area contributed by atoms with E-state index in [2.05, 4.69) is 0 Å². The van der Waals surface area contributed by atoms with Crippen LogP contribution in [0.5, 0.6) is 0 Å². The monoisotopic (exact) mass is 240 g/mol. The lowest BCUT2D eigenvalue weighted by Gasteiger charge is -2.10. The van der Waals surface area contributed by atoms with E-state index in [4.69, 9.17) is 0 Å². The van der Waals surface area contributed by atoms with Crippen molar-refractivity contribution in [2.45, 2.75) is 52.9 Å². The molecule has 0 bridgehead atoms. The van der Waals surface area contributed by atoms with Gasteiger partial charge in [-0.05, 0) is 12.8 Å². The molecule has 0 N–H and O–H groups in total. The third kappa shape index (κ3) is 5.02. The van der Waals surface area contributed by atoms with Crippen LogP contribution < -0.4 is 0 Å². The zero-order valence-electron chi connectivity index (χ0n) is 10.7. The molecular formula is C13H20O4. The van der Waals surface area contributed by atoms with Gasteiger partial charge in [0, 0.05) is 12.8 Å². The van der Waals surface area contributed by atoms with Crippen LogP contribution in [0.25, 0.3) is 0 Å². The third-order valence-corrected chi connectivity index (χ3v) is 2.66. The van der Waals surface area contributed by atoms with Crippen molar-refractivity contribution in [3.05, 3.63) is 0 Å². The van der Waals surface area contributed by atoms with Gasteiger partial charge >= 0.3 is 0 Å². The Balaban J connectivity index is 4.46. The highest BCUT2D eigenvalue weighted by Crippen LogP contribution is 2.11. The average Bonchev–Trinajstić information content (AvgIpc) is 2.29. The molecule has 0 fully saturated rings. The highest BCUT2D eigenvalue weighted by atomic mass is 16.2. The van der Waals surface area contributed by atoms with Gasteiger partial charge in [-0.1, -0.05) is 20.8 Å². The maximum Gasteiger partial charge on any atom is 0.205 e. The second kappa shape index (κ2) is 7.87. The Labute approximate surface area is 102 Å². The Hall–Kier alpha value is -1.32. The summed E-state index contributed by atoms with van der Waals surface area (Å²) < 4.78 is 0. The molecule has 0 rings (SSSR count). The van der Waals surface area contributed by atoms with Crippen LogP contribution in [0, 0.1) is 5.92 Å². The van der Waals surface area contributed by atoms with Crippen molar-refractivity contribution in [2.24, 2.45) is 5.92 Å². The second-order valence-corrected chi connectivity index (χ2v) is 4.02. The van der Waals surface area contributed by atoms with Crippen LogP contribution in [-0.4, -0.2) is 23.1 Å². The summed E-state index contributed by atoms with van der Waals surface area (Å²) in [6.07, 6.45) is 1.000. The Bertz CT molecular complexity index is 317. The molecule has 0 heterocycles. The standard InChI is InChI=1S/C13H20O4/c1-4-7-11(15)13(17)8-12(16)9(5-2)10(14)6-3/h9H,4-8H2,1-3H3.